The van der Waals surface area contributed by atoms with E-state index in [1.54, 1.807) is 18.0 Å². The molecule has 1 amide bonds. The number of hydrogen-bond donors (Lipinski definition) is 1. The van der Waals surface area contributed by atoms with Crippen LogP contribution in [0.1, 0.15) is 16.8 Å². The van der Waals surface area contributed by atoms with Gasteiger partial charge in [0.05, 0.1) is 4.92 Å². The number of carbonyl (C=O) groups excluding carboxylic acids is 1. The van der Waals surface area contributed by atoms with Crippen molar-refractivity contribution in [3.63, 3.8) is 0 Å². The molecule has 2 heterocycles. The van der Waals surface area contributed by atoms with Gasteiger partial charge in [0.2, 0.25) is 0 Å². The Balaban J connectivity index is 1.93. The summed E-state index contributed by atoms with van der Waals surface area (Å²) in [5.74, 6) is -0.230. The maximum absolute atomic E-state index is 12.5. The van der Waals surface area contributed by atoms with Crippen LogP contribution in [-0.2, 0) is 0 Å². The van der Waals surface area contributed by atoms with Crippen molar-refractivity contribution in [1.82, 2.24) is 25.0 Å². The third-order valence-corrected chi connectivity index (χ3v) is 3.99. The molecule has 0 bridgehead atoms. The van der Waals surface area contributed by atoms with E-state index < -0.39 is 4.92 Å². The van der Waals surface area contributed by atoms with Crippen molar-refractivity contribution in [2.45, 2.75) is 12.5 Å². The molecule has 1 aromatic heterocycles. The van der Waals surface area contributed by atoms with E-state index in [9.17, 15) is 14.9 Å². The Morgan fingerprint density at radius 3 is 2.96 bits per heavy atom. The molecule has 0 saturated carbocycles. The van der Waals surface area contributed by atoms with Gasteiger partial charge in [-0.2, -0.15) is 5.10 Å². The zero-order valence-corrected chi connectivity index (χ0v) is 12.5. The molecule has 0 radical (unpaired) electrons. The maximum Gasteiger partial charge on any atom is 0.295 e. The fourth-order valence-corrected chi connectivity index (χ4v) is 2.67. The first-order chi connectivity index (χ1) is 11.1. The van der Waals surface area contributed by atoms with Crippen molar-refractivity contribution in [2.24, 2.45) is 0 Å². The van der Waals surface area contributed by atoms with Gasteiger partial charge in [0.1, 0.15) is 18.3 Å². The van der Waals surface area contributed by atoms with Gasteiger partial charge in [0.25, 0.3) is 11.6 Å². The highest BCUT2D eigenvalue weighted by molar-refractivity contribution is 5.95. The maximum atomic E-state index is 12.5. The molecule has 1 fully saturated rings. The first kappa shape index (κ1) is 15.1. The molecular formula is C14H16N6O3. The highest BCUT2D eigenvalue weighted by Crippen LogP contribution is 2.24. The molecule has 2 aromatic rings. The number of hydrogen-bond acceptors (Lipinski definition) is 6. The monoisotopic (exact) mass is 316 g/mol. The predicted octanol–water partition coefficient (Wildman–Crippen LogP) is 0.609. The van der Waals surface area contributed by atoms with Gasteiger partial charge in [0, 0.05) is 31.3 Å². The van der Waals surface area contributed by atoms with E-state index in [0.717, 1.165) is 19.5 Å². The summed E-state index contributed by atoms with van der Waals surface area (Å²) in [5.41, 5.74) is 0.378. The topological polar surface area (TPSA) is 106 Å². The van der Waals surface area contributed by atoms with E-state index in [1.165, 1.54) is 29.5 Å². The minimum absolute atomic E-state index is 0.108. The molecular weight excluding hydrogens is 300 g/mol. The van der Waals surface area contributed by atoms with Crippen molar-refractivity contribution < 1.29 is 9.72 Å². The lowest BCUT2D eigenvalue weighted by Gasteiger charge is -2.23. The Morgan fingerprint density at radius 2 is 2.35 bits per heavy atom. The lowest BCUT2D eigenvalue weighted by molar-refractivity contribution is -0.384. The minimum Gasteiger partial charge on any atom is -0.337 e. The third-order valence-electron chi connectivity index (χ3n) is 3.99. The van der Waals surface area contributed by atoms with Gasteiger partial charge in [0.15, 0.2) is 0 Å². The average molecular weight is 316 g/mol. The molecule has 3 rings (SSSR count). The molecule has 1 saturated heterocycles. The van der Waals surface area contributed by atoms with E-state index in [-0.39, 0.29) is 28.9 Å². The largest absolute Gasteiger partial charge is 0.337 e. The number of aromatic nitrogens is 3. The second kappa shape index (κ2) is 6.13. The number of nitrogens with zero attached hydrogens (tertiary/aromatic N) is 5. The van der Waals surface area contributed by atoms with Gasteiger partial charge >= 0.3 is 0 Å². The number of carbonyl (C=O) groups is 1. The third kappa shape index (κ3) is 2.90. The van der Waals surface area contributed by atoms with Crippen LogP contribution in [0.5, 0.6) is 0 Å². The van der Waals surface area contributed by atoms with Gasteiger partial charge < -0.3 is 10.2 Å². The molecule has 0 aliphatic carbocycles. The number of rotatable bonds is 4. The molecule has 1 N–H and O–H groups in total. The zero-order valence-electron chi connectivity index (χ0n) is 12.5. The first-order valence-electron chi connectivity index (χ1n) is 7.19. The van der Waals surface area contributed by atoms with Crippen molar-refractivity contribution >= 4 is 11.6 Å². The molecule has 1 aliphatic rings. The highest BCUT2D eigenvalue weighted by atomic mass is 16.6. The van der Waals surface area contributed by atoms with Gasteiger partial charge in [-0.15, -0.1) is 0 Å². The molecule has 1 aliphatic heterocycles. The SMILES string of the molecule is CN(C(=O)c1ccc(-n2cncn2)c([N+](=O)[O-])c1)C1CCNC1. The van der Waals surface area contributed by atoms with E-state index in [0.29, 0.717) is 0 Å². The van der Waals surface area contributed by atoms with Crippen molar-refractivity contribution in [1.29, 1.82) is 0 Å². The van der Waals surface area contributed by atoms with Crippen molar-refractivity contribution in [2.75, 3.05) is 20.1 Å². The summed E-state index contributed by atoms with van der Waals surface area (Å²) in [5, 5.41) is 18.4. The summed E-state index contributed by atoms with van der Waals surface area (Å²) in [4.78, 5) is 28.8. The van der Waals surface area contributed by atoms with Gasteiger partial charge in [-0.1, -0.05) is 0 Å². The highest BCUT2D eigenvalue weighted by Gasteiger charge is 2.26. The number of nitro benzene ring substituents is 1. The molecule has 120 valence electrons. The van der Waals surface area contributed by atoms with E-state index >= 15 is 0 Å². The first-order valence-corrected chi connectivity index (χ1v) is 7.19. The van der Waals surface area contributed by atoms with Gasteiger partial charge in [-0.3, -0.25) is 14.9 Å². The zero-order chi connectivity index (χ0) is 16.4. The van der Waals surface area contributed by atoms with Crippen LogP contribution < -0.4 is 5.32 Å². The Kier molecular flexibility index (Phi) is 4.02. The standard InChI is InChI=1S/C14H16N6O3/c1-18(11-4-5-15-7-11)14(21)10-2-3-12(13(6-10)20(22)23)19-9-16-8-17-19/h2-3,6,8-9,11,15H,4-5,7H2,1H3. The fourth-order valence-electron chi connectivity index (χ4n) is 2.67. The van der Waals surface area contributed by atoms with Gasteiger partial charge in [-0.05, 0) is 25.1 Å². The number of benzene rings is 1. The molecule has 1 aromatic carbocycles. The summed E-state index contributed by atoms with van der Waals surface area (Å²) in [7, 11) is 1.72. The number of amides is 1. The van der Waals surface area contributed by atoms with E-state index in [4.69, 9.17) is 0 Å². The van der Waals surface area contributed by atoms with E-state index in [2.05, 4.69) is 15.4 Å². The number of nitro groups is 1. The molecule has 1 atom stereocenters. The van der Waals surface area contributed by atoms with Crippen LogP contribution in [0.2, 0.25) is 0 Å². The lowest BCUT2D eigenvalue weighted by atomic mass is 10.1. The van der Waals surface area contributed by atoms with Crippen LogP contribution >= 0.6 is 0 Å². The van der Waals surface area contributed by atoms with Crippen LogP contribution in [-0.4, -0.2) is 56.7 Å². The smallest absolute Gasteiger partial charge is 0.295 e. The Morgan fingerprint density at radius 1 is 1.52 bits per heavy atom. The van der Waals surface area contributed by atoms with Crippen LogP contribution in [0.15, 0.2) is 30.9 Å². The quantitative estimate of drug-likeness (QED) is 0.654. The normalized spacial score (nSPS) is 17.2. The van der Waals surface area contributed by atoms with E-state index in [1.807, 2.05) is 0 Å². The summed E-state index contributed by atoms with van der Waals surface area (Å²) in [6.45, 7) is 1.61. The van der Waals surface area contributed by atoms with Crippen LogP contribution in [0.4, 0.5) is 5.69 Å². The Hall–Kier alpha value is -2.81. The van der Waals surface area contributed by atoms with Crippen LogP contribution in [0.25, 0.3) is 5.69 Å². The second-order valence-corrected chi connectivity index (χ2v) is 5.36. The molecule has 23 heavy (non-hydrogen) atoms. The number of nitrogens with one attached hydrogen (secondary N) is 1. The van der Waals surface area contributed by atoms with Gasteiger partial charge in [-0.25, -0.2) is 9.67 Å². The predicted molar refractivity (Wildman–Crippen MR) is 81.4 cm³/mol. The number of likely N-dealkylation sites (N-methyl/N-ethyl adjacent to an activating group) is 1. The average Bonchev–Trinajstić information content (AvgIpc) is 3.25. The summed E-state index contributed by atoms with van der Waals surface area (Å²) in [6, 6.07) is 4.49. The lowest BCUT2D eigenvalue weighted by Crippen LogP contribution is -2.38. The van der Waals surface area contributed by atoms with Crippen molar-refractivity contribution in [3.05, 3.63) is 46.5 Å². The summed E-state index contributed by atoms with van der Waals surface area (Å²) in [6.07, 6.45) is 3.55. The Labute approximate surface area is 132 Å². The molecule has 9 nitrogen and oxygen atoms in total. The van der Waals surface area contributed by atoms with Crippen molar-refractivity contribution in [3.8, 4) is 5.69 Å². The molecule has 9 heteroatoms. The second-order valence-electron chi connectivity index (χ2n) is 5.36. The van der Waals surface area contributed by atoms with Crippen LogP contribution in [0, 0.1) is 10.1 Å². The molecule has 0 spiro atoms. The fraction of sp³-hybridized carbons (Fsp3) is 0.357. The van der Waals surface area contributed by atoms with Crippen LogP contribution in [0.3, 0.4) is 0 Å². The Bertz CT molecular complexity index is 724. The summed E-state index contributed by atoms with van der Waals surface area (Å²) >= 11 is 0. The molecule has 1 unspecified atom stereocenters. The summed E-state index contributed by atoms with van der Waals surface area (Å²) < 4.78 is 1.30. The minimum atomic E-state index is -0.523.